The molecule has 224 valence electrons. The Hall–Kier alpha value is -2.54. The molecule has 1 aromatic rings. The molecule has 6 aliphatic rings. The molecule has 3 amide bonds. The Morgan fingerprint density at radius 2 is 1.63 bits per heavy atom. The Labute approximate surface area is 246 Å². The van der Waals surface area contributed by atoms with Gasteiger partial charge in [0.2, 0.25) is 5.91 Å². The van der Waals surface area contributed by atoms with Crippen molar-refractivity contribution in [3.8, 4) is 5.75 Å². The highest BCUT2D eigenvalue weighted by Crippen LogP contribution is 2.55. The van der Waals surface area contributed by atoms with Gasteiger partial charge in [-0.05, 0) is 75.2 Å². The van der Waals surface area contributed by atoms with Crippen molar-refractivity contribution in [3.63, 3.8) is 0 Å². The summed E-state index contributed by atoms with van der Waals surface area (Å²) in [5.74, 6) is 3.82. The molecule has 0 radical (unpaired) electrons. The Balaban J connectivity index is 1.01. The number of ether oxygens (including phenoxy) is 1. The van der Waals surface area contributed by atoms with Crippen LogP contribution in [0.1, 0.15) is 76.2 Å². The molecule has 1 aliphatic heterocycles. The summed E-state index contributed by atoms with van der Waals surface area (Å²) in [6.45, 7) is 5.47. The Morgan fingerprint density at radius 3 is 2.29 bits per heavy atom. The third-order valence-corrected chi connectivity index (χ3v) is 10.8. The summed E-state index contributed by atoms with van der Waals surface area (Å²) in [6, 6.07) is 8.15. The van der Waals surface area contributed by atoms with Gasteiger partial charge in [0, 0.05) is 62.8 Å². The molecule has 1 N–H and O–H groups in total. The van der Waals surface area contributed by atoms with Crippen molar-refractivity contribution in [1.29, 1.82) is 0 Å². The second-order valence-corrected chi connectivity index (χ2v) is 13.7. The van der Waals surface area contributed by atoms with E-state index >= 15 is 0 Å². The van der Waals surface area contributed by atoms with Crippen LogP contribution in [0.2, 0.25) is 0 Å². The summed E-state index contributed by atoms with van der Waals surface area (Å²) in [5.41, 5.74) is 1.10. The van der Waals surface area contributed by atoms with Crippen LogP contribution in [-0.2, 0) is 4.79 Å². The summed E-state index contributed by atoms with van der Waals surface area (Å²) in [5, 5.41) is 3.55. The van der Waals surface area contributed by atoms with E-state index in [2.05, 4.69) is 27.3 Å². The Morgan fingerprint density at radius 1 is 0.976 bits per heavy atom. The molecule has 5 saturated carbocycles. The molecule has 7 nitrogen and oxygen atoms in total. The minimum Gasteiger partial charge on any atom is -0.496 e. The lowest BCUT2D eigenvalue weighted by molar-refractivity contribution is -0.136. The van der Waals surface area contributed by atoms with E-state index in [1.165, 1.54) is 44.9 Å². The number of urea groups is 1. The number of amides is 3. The standard InChI is InChI=1S/C34H50N4O3/c1-41-31-12-6-5-8-29(31)11-7-13-37(32(39)30-9-3-2-4-10-30)17-14-36-15-18-38(19-16-36)33(40)35-34-23-26-20-27(24-34)22-28(21-26)25-34/h5-8,11-12,26-28,30H,2-4,9-10,13-25H2,1H3,(H,35,40). The van der Waals surface area contributed by atoms with E-state index in [1.807, 2.05) is 29.2 Å². The smallest absolute Gasteiger partial charge is 0.317 e. The summed E-state index contributed by atoms with van der Waals surface area (Å²) in [4.78, 5) is 33.4. The number of hydrogen-bond acceptors (Lipinski definition) is 4. The maximum absolute atomic E-state index is 13.6. The topological polar surface area (TPSA) is 65.1 Å². The fourth-order valence-electron chi connectivity index (χ4n) is 9.02. The van der Waals surface area contributed by atoms with Crippen molar-refractivity contribution in [2.75, 3.05) is 52.9 Å². The number of carbonyl (C=O) groups is 2. The highest BCUT2D eigenvalue weighted by atomic mass is 16.5. The lowest BCUT2D eigenvalue weighted by Crippen LogP contribution is -2.63. The van der Waals surface area contributed by atoms with E-state index in [0.29, 0.717) is 12.5 Å². The second kappa shape index (κ2) is 12.8. The third-order valence-electron chi connectivity index (χ3n) is 10.8. The second-order valence-electron chi connectivity index (χ2n) is 13.7. The van der Waals surface area contributed by atoms with Crippen LogP contribution in [0.25, 0.3) is 6.08 Å². The maximum atomic E-state index is 13.6. The van der Waals surface area contributed by atoms with Gasteiger partial charge >= 0.3 is 6.03 Å². The van der Waals surface area contributed by atoms with Crippen LogP contribution in [0.5, 0.6) is 5.75 Å². The van der Waals surface area contributed by atoms with Gasteiger partial charge in [0.1, 0.15) is 5.75 Å². The van der Waals surface area contributed by atoms with Gasteiger partial charge in [-0.1, -0.05) is 49.6 Å². The predicted molar refractivity (Wildman–Crippen MR) is 163 cm³/mol. The van der Waals surface area contributed by atoms with Crippen LogP contribution in [-0.4, -0.2) is 85.1 Å². The van der Waals surface area contributed by atoms with E-state index in [-0.39, 0.29) is 17.5 Å². The first kappa shape index (κ1) is 28.6. The molecule has 5 aliphatic carbocycles. The van der Waals surface area contributed by atoms with Gasteiger partial charge in [0.25, 0.3) is 0 Å². The number of carbonyl (C=O) groups excluding carboxylic acids is 2. The lowest BCUT2D eigenvalue weighted by Gasteiger charge is -2.57. The van der Waals surface area contributed by atoms with Crippen LogP contribution in [0, 0.1) is 23.7 Å². The van der Waals surface area contributed by atoms with Gasteiger partial charge in [0.15, 0.2) is 0 Å². The third kappa shape index (κ3) is 6.76. The number of benzene rings is 1. The number of nitrogens with one attached hydrogen (secondary N) is 1. The first-order chi connectivity index (χ1) is 20.0. The molecule has 1 heterocycles. The van der Waals surface area contributed by atoms with Crippen molar-refractivity contribution in [2.45, 2.75) is 76.2 Å². The minimum atomic E-state index is 0.0697. The quantitative estimate of drug-likeness (QED) is 0.437. The van der Waals surface area contributed by atoms with Crippen molar-refractivity contribution in [1.82, 2.24) is 20.0 Å². The van der Waals surface area contributed by atoms with Crippen LogP contribution in [0.15, 0.2) is 30.3 Å². The van der Waals surface area contributed by atoms with Crippen LogP contribution < -0.4 is 10.1 Å². The van der Waals surface area contributed by atoms with E-state index in [1.54, 1.807) is 7.11 Å². The first-order valence-corrected chi connectivity index (χ1v) is 16.4. The fraction of sp³-hybridized carbons (Fsp3) is 0.706. The van der Waals surface area contributed by atoms with E-state index < -0.39 is 0 Å². The molecule has 4 bridgehead atoms. The Kier molecular flexibility index (Phi) is 8.90. The minimum absolute atomic E-state index is 0.0697. The summed E-state index contributed by atoms with van der Waals surface area (Å²) >= 11 is 0. The van der Waals surface area contributed by atoms with Gasteiger partial charge in [-0.25, -0.2) is 4.79 Å². The van der Waals surface area contributed by atoms with Crippen LogP contribution in [0.3, 0.4) is 0 Å². The highest BCUT2D eigenvalue weighted by molar-refractivity contribution is 5.79. The average molecular weight is 563 g/mol. The molecule has 1 saturated heterocycles. The van der Waals surface area contributed by atoms with Gasteiger partial charge in [-0.3, -0.25) is 9.69 Å². The molecular weight excluding hydrogens is 512 g/mol. The summed E-state index contributed by atoms with van der Waals surface area (Å²) in [7, 11) is 1.69. The van der Waals surface area contributed by atoms with Gasteiger partial charge in [-0.2, -0.15) is 0 Å². The predicted octanol–water partition coefficient (Wildman–Crippen LogP) is 5.41. The summed E-state index contributed by atoms with van der Waals surface area (Å²) < 4.78 is 5.50. The van der Waals surface area contributed by atoms with Crippen molar-refractivity contribution in [2.24, 2.45) is 23.7 Å². The molecule has 0 spiro atoms. The zero-order valence-corrected chi connectivity index (χ0v) is 25.1. The number of rotatable bonds is 9. The molecule has 0 atom stereocenters. The van der Waals surface area contributed by atoms with Crippen molar-refractivity contribution >= 4 is 18.0 Å². The lowest BCUT2D eigenvalue weighted by atomic mass is 9.53. The number of piperazine rings is 1. The number of nitrogens with zero attached hydrogens (tertiary/aromatic N) is 3. The van der Waals surface area contributed by atoms with Crippen LogP contribution >= 0.6 is 0 Å². The molecule has 7 heteroatoms. The van der Waals surface area contributed by atoms with Crippen molar-refractivity contribution < 1.29 is 14.3 Å². The fourth-order valence-corrected chi connectivity index (χ4v) is 9.02. The highest BCUT2D eigenvalue weighted by Gasteiger charge is 2.51. The molecule has 6 fully saturated rings. The molecule has 1 aromatic carbocycles. The number of hydrogen-bond donors (Lipinski definition) is 1. The van der Waals surface area contributed by atoms with Gasteiger partial charge < -0.3 is 19.9 Å². The van der Waals surface area contributed by atoms with E-state index in [4.69, 9.17) is 4.74 Å². The maximum Gasteiger partial charge on any atom is 0.317 e. The van der Waals surface area contributed by atoms with E-state index in [0.717, 1.165) is 94.0 Å². The summed E-state index contributed by atoms with van der Waals surface area (Å²) in [6.07, 6.45) is 17.5. The normalized spacial score (nSPS) is 30.1. The Bertz CT molecular complexity index is 1050. The number of methoxy groups -OCH3 is 1. The van der Waals surface area contributed by atoms with E-state index in [9.17, 15) is 9.59 Å². The van der Waals surface area contributed by atoms with Crippen LogP contribution in [0.4, 0.5) is 4.79 Å². The zero-order chi connectivity index (χ0) is 28.2. The zero-order valence-electron chi connectivity index (χ0n) is 25.1. The monoisotopic (exact) mass is 562 g/mol. The molecule has 7 rings (SSSR count). The van der Waals surface area contributed by atoms with Gasteiger partial charge in [0.05, 0.1) is 7.11 Å². The molecule has 41 heavy (non-hydrogen) atoms. The van der Waals surface area contributed by atoms with Crippen molar-refractivity contribution in [3.05, 3.63) is 35.9 Å². The molecule has 0 unspecified atom stereocenters. The molecule has 0 aromatic heterocycles. The first-order valence-electron chi connectivity index (χ1n) is 16.4. The average Bonchev–Trinajstić information content (AvgIpc) is 2.98. The molecular formula is C34H50N4O3. The van der Waals surface area contributed by atoms with Gasteiger partial charge in [-0.15, -0.1) is 0 Å². The largest absolute Gasteiger partial charge is 0.496 e. The SMILES string of the molecule is COc1ccccc1C=CCN(CCN1CCN(C(=O)NC23CC4CC(CC(C4)C2)C3)CC1)C(=O)C1CCCCC1. The number of para-hydroxylation sites is 1.